The minimum absolute atomic E-state index is 0.00839. The van der Waals surface area contributed by atoms with E-state index in [-0.39, 0.29) is 29.4 Å². The summed E-state index contributed by atoms with van der Waals surface area (Å²) in [6, 6.07) is 13.1. The Labute approximate surface area is 209 Å². The fourth-order valence-corrected chi connectivity index (χ4v) is 4.84. The van der Waals surface area contributed by atoms with Gasteiger partial charge in [-0.15, -0.1) is 0 Å². The van der Waals surface area contributed by atoms with Gasteiger partial charge in [-0.05, 0) is 60.7 Å². The molecule has 2 N–H and O–H groups in total. The third-order valence-corrected chi connectivity index (χ3v) is 6.68. The molecule has 7 nitrogen and oxygen atoms in total. The van der Waals surface area contributed by atoms with Gasteiger partial charge in [0, 0.05) is 17.2 Å². The molecule has 1 aliphatic rings. The summed E-state index contributed by atoms with van der Waals surface area (Å²) in [7, 11) is 0. The van der Waals surface area contributed by atoms with Gasteiger partial charge in [0.2, 0.25) is 0 Å². The van der Waals surface area contributed by atoms with Crippen LogP contribution in [0.15, 0.2) is 59.4 Å². The molecule has 1 fully saturated rings. The third-order valence-electron chi connectivity index (χ3n) is 6.68. The number of hydrogen-bond acceptors (Lipinski definition) is 4. The molecule has 37 heavy (non-hydrogen) atoms. The van der Waals surface area contributed by atoms with Crippen LogP contribution in [0.2, 0.25) is 0 Å². The van der Waals surface area contributed by atoms with E-state index in [2.05, 4.69) is 10.1 Å². The Kier molecular flexibility index (Phi) is 6.49. The Hall–Kier alpha value is -4.08. The predicted molar refractivity (Wildman–Crippen MR) is 130 cm³/mol. The molecular weight excluding hydrogens is 487 g/mol. The van der Waals surface area contributed by atoms with E-state index in [1.165, 1.54) is 16.6 Å². The van der Waals surface area contributed by atoms with Crippen LogP contribution in [0.3, 0.4) is 0 Å². The fraction of sp³-hybridized carbons (Fsp3) is 0.296. The molecule has 0 aliphatic heterocycles. The lowest BCUT2D eigenvalue weighted by atomic mass is 9.83. The van der Waals surface area contributed by atoms with E-state index < -0.39 is 17.7 Å². The lowest BCUT2D eigenvalue weighted by Crippen LogP contribution is -2.25. The summed E-state index contributed by atoms with van der Waals surface area (Å²) in [4.78, 5) is 29.6. The van der Waals surface area contributed by atoms with Gasteiger partial charge >= 0.3 is 12.1 Å². The zero-order valence-electron chi connectivity index (χ0n) is 19.7. The van der Waals surface area contributed by atoms with Crippen molar-refractivity contribution in [3.05, 3.63) is 87.3 Å². The second-order valence-electron chi connectivity index (χ2n) is 9.19. The molecule has 0 atom stereocenters. The Morgan fingerprint density at radius 3 is 2.49 bits per heavy atom. The monoisotopic (exact) mass is 511 g/mol. The summed E-state index contributed by atoms with van der Waals surface area (Å²) < 4.78 is 45.8. The molecule has 0 bridgehead atoms. The number of nitrogens with one attached hydrogen (secondary N) is 1. The Morgan fingerprint density at radius 2 is 1.81 bits per heavy atom. The first-order chi connectivity index (χ1) is 17.7. The molecule has 5 rings (SSSR count). The Bertz CT molecular complexity index is 1500. The maximum Gasteiger partial charge on any atom is 0.416 e. The normalized spacial score (nSPS) is 14.7. The van der Waals surface area contributed by atoms with E-state index in [9.17, 15) is 27.9 Å². The average molecular weight is 512 g/mol. The maximum atomic E-state index is 13.5. The highest BCUT2D eigenvalue weighted by Gasteiger charge is 2.30. The van der Waals surface area contributed by atoms with Crippen molar-refractivity contribution in [2.24, 2.45) is 0 Å². The number of alkyl halides is 3. The first kappa shape index (κ1) is 24.6. The van der Waals surface area contributed by atoms with Crippen molar-refractivity contribution >= 4 is 11.6 Å². The van der Waals surface area contributed by atoms with Gasteiger partial charge in [-0.1, -0.05) is 31.4 Å². The van der Waals surface area contributed by atoms with Gasteiger partial charge in [-0.2, -0.15) is 13.2 Å². The van der Waals surface area contributed by atoms with Crippen molar-refractivity contribution in [2.45, 2.75) is 50.8 Å². The molecule has 2 aromatic heterocycles. The molecular formula is C27H24F3N3O4. The van der Waals surface area contributed by atoms with E-state index in [0.717, 1.165) is 44.2 Å². The average Bonchev–Trinajstić information content (AvgIpc) is 3.33. The highest BCUT2D eigenvalue weighted by atomic mass is 19.4. The SMILES string of the molecule is O=C(O)c1cc2nc(-c3ccc(OCc4cccc(C(F)(F)F)c4)cc3)c(C3CCCCC3)c(=O)n2[nH]1. The number of H-pyrrole nitrogens is 1. The molecule has 0 amide bonds. The van der Waals surface area contributed by atoms with Crippen molar-refractivity contribution < 1.29 is 27.8 Å². The summed E-state index contributed by atoms with van der Waals surface area (Å²) >= 11 is 0. The van der Waals surface area contributed by atoms with Gasteiger partial charge in [-0.3, -0.25) is 9.89 Å². The van der Waals surface area contributed by atoms with Gasteiger partial charge in [0.25, 0.3) is 5.56 Å². The number of aromatic amines is 1. The standard InChI is InChI=1S/C27H24F3N3O4/c28-27(29,30)19-8-4-5-16(13-19)15-37-20-11-9-18(10-12-20)24-23(17-6-2-1-3-7-17)25(34)33-22(31-24)14-21(32-33)26(35)36/h4-5,8-14,17,32H,1-3,6-7,15H2,(H,35,36). The smallest absolute Gasteiger partial charge is 0.416 e. The molecule has 0 spiro atoms. The van der Waals surface area contributed by atoms with Crippen molar-refractivity contribution in [1.29, 1.82) is 0 Å². The zero-order chi connectivity index (χ0) is 26.2. The van der Waals surface area contributed by atoms with Crippen LogP contribution in [0.25, 0.3) is 16.9 Å². The van der Waals surface area contributed by atoms with Crippen LogP contribution in [0.5, 0.6) is 5.75 Å². The number of hydrogen-bond donors (Lipinski definition) is 2. The van der Waals surface area contributed by atoms with Crippen LogP contribution >= 0.6 is 0 Å². The molecule has 4 aromatic rings. The van der Waals surface area contributed by atoms with E-state index >= 15 is 0 Å². The van der Waals surface area contributed by atoms with Crippen molar-refractivity contribution in [3.8, 4) is 17.0 Å². The molecule has 0 radical (unpaired) electrons. The molecule has 10 heteroatoms. The quantitative estimate of drug-likeness (QED) is 0.329. The van der Waals surface area contributed by atoms with Gasteiger partial charge in [0.05, 0.1) is 11.3 Å². The number of aromatic carboxylic acids is 1. The van der Waals surface area contributed by atoms with Crippen molar-refractivity contribution in [1.82, 2.24) is 14.6 Å². The number of carbonyl (C=O) groups is 1. The third kappa shape index (κ3) is 5.09. The molecule has 2 aromatic carbocycles. The van der Waals surface area contributed by atoms with E-state index in [1.807, 2.05) is 0 Å². The van der Waals surface area contributed by atoms with Crippen LogP contribution in [0.1, 0.15) is 65.2 Å². The largest absolute Gasteiger partial charge is 0.489 e. The number of carboxylic acid groups (broad SMARTS) is 1. The van der Waals surface area contributed by atoms with E-state index in [1.54, 1.807) is 30.3 Å². The van der Waals surface area contributed by atoms with Crippen molar-refractivity contribution in [2.75, 3.05) is 0 Å². The van der Waals surface area contributed by atoms with Gasteiger partial charge in [0.15, 0.2) is 5.65 Å². The lowest BCUT2D eigenvalue weighted by molar-refractivity contribution is -0.137. The van der Waals surface area contributed by atoms with Gasteiger partial charge < -0.3 is 9.84 Å². The molecule has 0 saturated heterocycles. The van der Waals surface area contributed by atoms with Crippen LogP contribution in [0, 0.1) is 0 Å². The minimum Gasteiger partial charge on any atom is -0.489 e. The first-order valence-electron chi connectivity index (χ1n) is 12.0. The zero-order valence-corrected chi connectivity index (χ0v) is 19.7. The number of halogens is 3. The number of carboxylic acids is 1. The van der Waals surface area contributed by atoms with Crippen LogP contribution in [-0.4, -0.2) is 25.7 Å². The van der Waals surface area contributed by atoms with Crippen molar-refractivity contribution in [3.63, 3.8) is 0 Å². The van der Waals surface area contributed by atoms with Crippen LogP contribution in [0.4, 0.5) is 13.2 Å². The van der Waals surface area contributed by atoms with Gasteiger partial charge in [0.1, 0.15) is 18.1 Å². The Balaban J connectivity index is 1.46. The summed E-state index contributed by atoms with van der Waals surface area (Å²) in [6.45, 7) is -0.0382. The topological polar surface area (TPSA) is 96.7 Å². The van der Waals surface area contributed by atoms with E-state index in [4.69, 9.17) is 4.74 Å². The molecule has 2 heterocycles. The fourth-order valence-electron chi connectivity index (χ4n) is 4.84. The highest BCUT2D eigenvalue weighted by molar-refractivity contribution is 5.86. The summed E-state index contributed by atoms with van der Waals surface area (Å²) in [5.74, 6) is -0.727. The van der Waals surface area contributed by atoms with Gasteiger partial charge in [-0.25, -0.2) is 14.3 Å². The molecule has 1 saturated carbocycles. The number of rotatable bonds is 6. The molecule has 192 valence electrons. The first-order valence-corrected chi connectivity index (χ1v) is 12.0. The summed E-state index contributed by atoms with van der Waals surface area (Å²) in [5.41, 5.74) is 1.14. The highest BCUT2D eigenvalue weighted by Crippen LogP contribution is 2.36. The number of aromatic nitrogens is 3. The minimum atomic E-state index is -4.43. The second-order valence-corrected chi connectivity index (χ2v) is 9.19. The number of benzene rings is 2. The Morgan fingerprint density at radius 1 is 1.08 bits per heavy atom. The van der Waals surface area contributed by atoms with Crippen LogP contribution in [-0.2, 0) is 12.8 Å². The predicted octanol–water partition coefficient (Wildman–Crippen LogP) is 6.03. The maximum absolute atomic E-state index is 13.5. The summed E-state index contributed by atoms with van der Waals surface area (Å²) in [6.07, 6.45) is 0.373. The number of fused-ring (bicyclic) bond motifs is 1. The van der Waals surface area contributed by atoms with Crippen LogP contribution < -0.4 is 10.3 Å². The molecule has 1 aliphatic carbocycles. The number of nitrogens with zero attached hydrogens (tertiary/aromatic N) is 2. The summed E-state index contributed by atoms with van der Waals surface area (Å²) in [5, 5.41) is 12.0. The second kappa shape index (κ2) is 9.76. The molecule has 0 unspecified atom stereocenters. The number of ether oxygens (including phenoxy) is 1. The van der Waals surface area contributed by atoms with E-state index in [0.29, 0.717) is 28.1 Å². The lowest BCUT2D eigenvalue weighted by Gasteiger charge is -2.23.